The molecule has 5 heteroatoms. The van der Waals surface area contributed by atoms with Crippen LogP contribution in [0.3, 0.4) is 0 Å². The molecule has 0 saturated carbocycles. The Kier molecular flexibility index (Phi) is 5.28. The van der Waals surface area contributed by atoms with E-state index in [0.29, 0.717) is 18.7 Å². The zero-order chi connectivity index (χ0) is 18.6. The van der Waals surface area contributed by atoms with Crippen LogP contribution in [0.2, 0.25) is 0 Å². The fourth-order valence-corrected chi connectivity index (χ4v) is 4.18. The molecular formula is C22H26N2O3. The first-order valence-corrected chi connectivity index (χ1v) is 9.94. The first kappa shape index (κ1) is 17.8. The molecule has 1 fully saturated rings. The van der Waals surface area contributed by atoms with E-state index in [0.717, 1.165) is 37.1 Å². The van der Waals surface area contributed by atoms with Gasteiger partial charge in [0.1, 0.15) is 6.04 Å². The summed E-state index contributed by atoms with van der Waals surface area (Å²) in [7, 11) is 0. The number of amides is 2. The Morgan fingerprint density at radius 1 is 0.889 bits per heavy atom. The van der Waals surface area contributed by atoms with Crippen molar-refractivity contribution in [3.8, 4) is 0 Å². The summed E-state index contributed by atoms with van der Waals surface area (Å²) in [5, 5.41) is 0. The molecule has 1 saturated heterocycles. The third-order valence-corrected chi connectivity index (χ3v) is 5.69. The predicted octanol–water partition coefficient (Wildman–Crippen LogP) is 3.64. The molecule has 1 atom stereocenters. The third kappa shape index (κ3) is 3.77. The second-order valence-electron chi connectivity index (χ2n) is 7.49. The molecule has 0 bridgehead atoms. The summed E-state index contributed by atoms with van der Waals surface area (Å²) < 4.78 is 5.33. The van der Waals surface area contributed by atoms with Gasteiger partial charge in [0.05, 0.1) is 6.26 Å². The Bertz CT molecular complexity index is 792. The average Bonchev–Trinajstić information content (AvgIpc) is 3.20. The molecule has 2 aliphatic rings. The van der Waals surface area contributed by atoms with Crippen molar-refractivity contribution in [2.45, 2.75) is 51.1 Å². The van der Waals surface area contributed by atoms with Crippen LogP contribution >= 0.6 is 0 Å². The van der Waals surface area contributed by atoms with Gasteiger partial charge in [-0.25, -0.2) is 0 Å². The Morgan fingerprint density at radius 3 is 2.30 bits per heavy atom. The van der Waals surface area contributed by atoms with Crippen LogP contribution in [-0.4, -0.2) is 40.7 Å². The number of likely N-dealkylation sites (tertiary alicyclic amines) is 1. The van der Waals surface area contributed by atoms with Crippen LogP contribution < -0.4 is 0 Å². The summed E-state index contributed by atoms with van der Waals surface area (Å²) in [6, 6.07) is 11.0. The van der Waals surface area contributed by atoms with Crippen molar-refractivity contribution in [2.24, 2.45) is 0 Å². The van der Waals surface area contributed by atoms with Crippen LogP contribution in [0.15, 0.2) is 47.1 Å². The van der Waals surface area contributed by atoms with Gasteiger partial charge in [-0.3, -0.25) is 9.59 Å². The van der Waals surface area contributed by atoms with E-state index >= 15 is 0 Å². The molecule has 4 rings (SSSR count). The van der Waals surface area contributed by atoms with Crippen LogP contribution in [0.1, 0.15) is 53.8 Å². The zero-order valence-electron chi connectivity index (χ0n) is 15.6. The standard InChI is InChI=1S/C22H26N2O3/c25-21(23-12-6-2-1-3-7-13-23)19-15-17-9-4-5-10-18(17)16-24(19)22(26)20-11-8-14-27-20/h4-5,8-11,14,19H,1-3,6-7,12-13,15-16H2. The molecule has 5 nitrogen and oxygen atoms in total. The molecular weight excluding hydrogens is 340 g/mol. The Balaban J connectivity index is 1.62. The zero-order valence-corrected chi connectivity index (χ0v) is 15.6. The maximum atomic E-state index is 13.4. The molecule has 3 heterocycles. The number of hydrogen-bond acceptors (Lipinski definition) is 3. The van der Waals surface area contributed by atoms with Gasteiger partial charge in [-0.05, 0) is 36.1 Å². The average molecular weight is 366 g/mol. The van der Waals surface area contributed by atoms with Gasteiger partial charge in [0.15, 0.2) is 5.76 Å². The first-order chi connectivity index (χ1) is 13.2. The van der Waals surface area contributed by atoms with Gasteiger partial charge in [-0.15, -0.1) is 0 Å². The topological polar surface area (TPSA) is 53.8 Å². The molecule has 0 N–H and O–H groups in total. The molecule has 0 spiro atoms. The lowest BCUT2D eigenvalue weighted by molar-refractivity contribution is -0.137. The number of carbonyl (C=O) groups is 2. The molecule has 0 radical (unpaired) electrons. The van der Waals surface area contributed by atoms with Crippen molar-refractivity contribution in [3.63, 3.8) is 0 Å². The largest absolute Gasteiger partial charge is 0.459 e. The van der Waals surface area contributed by atoms with Crippen molar-refractivity contribution in [1.82, 2.24) is 9.80 Å². The number of benzene rings is 1. The smallest absolute Gasteiger partial charge is 0.290 e. The van der Waals surface area contributed by atoms with Gasteiger partial charge in [0.2, 0.25) is 5.91 Å². The highest BCUT2D eigenvalue weighted by Gasteiger charge is 2.37. The van der Waals surface area contributed by atoms with E-state index in [1.165, 1.54) is 25.5 Å². The highest BCUT2D eigenvalue weighted by Crippen LogP contribution is 2.27. The van der Waals surface area contributed by atoms with Gasteiger partial charge < -0.3 is 14.2 Å². The van der Waals surface area contributed by atoms with Crippen LogP contribution in [0.4, 0.5) is 0 Å². The van der Waals surface area contributed by atoms with Crippen LogP contribution in [-0.2, 0) is 17.8 Å². The van der Waals surface area contributed by atoms with E-state index in [1.54, 1.807) is 17.0 Å². The molecule has 2 aromatic rings. The number of hydrogen-bond donors (Lipinski definition) is 0. The summed E-state index contributed by atoms with van der Waals surface area (Å²) in [5.41, 5.74) is 2.26. The third-order valence-electron chi connectivity index (χ3n) is 5.69. The van der Waals surface area contributed by atoms with E-state index in [4.69, 9.17) is 4.42 Å². The van der Waals surface area contributed by atoms with E-state index in [9.17, 15) is 9.59 Å². The SMILES string of the molecule is O=C(C1Cc2ccccc2CN1C(=O)c1ccco1)N1CCCCCCC1. The fraction of sp³-hybridized carbons (Fsp3) is 0.455. The maximum Gasteiger partial charge on any atom is 0.290 e. The van der Waals surface area contributed by atoms with Gasteiger partial charge >= 0.3 is 0 Å². The summed E-state index contributed by atoms with van der Waals surface area (Å²) >= 11 is 0. The van der Waals surface area contributed by atoms with Gasteiger partial charge in [-0.2, -0.15) is 0 Å². The van der Waals surface area contributed by atoms with Gasteiger partial charge in [0, 0.05) is 26.1 Å². The molecule has 1 aromatic carbocycles. The minimum absolute atomic E-state index is 0.0753. The van der Waals surface area contributed by atoms with Crippen LogP contribution in [0.5, 0.6) is 0 Å². The Hall–Kier alpha value is -2.56. The highest BCUT2D eigenvalue weighted by atomic mass is 16.3. The van der Waals surface area contributed by atoms with Crippen LogP contribution in [0, 0.1) is 0 Å². The molecule has 2 amide bonds. The van der Waals surface area contributed by atoms with Crippen molar-refractivity contribution in [2.75, 3.05) is 13.1 Å². The number of rotatable bonds is 2. The maximum absolute atomic E-state index is 13.4. The second kappa shape index (κ2) is 7.99. The van der Waals surface area contributed by atoms with Crippen molar-refractivity contribution in [3.05, 3.63) is 59.5 Å². The molecule has 27 heavy (non-hydrogen) atoms. The van der Waals surface area contributed by atoms with Gasteiger partial charge in [0.25, 0.3) is 5.91 Å². The monoisotopic (exact) mass is 366 g/mol. The number of carbonyl (C=O) groups excluding carboxylic acids is 2. The predicted molar refractivity (Wildman–Crippen MR) is 102 cm³/mol. The lowest BCUT2D eigenvalue weighted by Crippen LogP contribution is -2.54. The minimum Gasteiger partial charge on any atom is -0.459 e. The summed E-state index contributed by atoms with van der Waals surface area (Å²) in [4.78, 5) is 30.1. The minimum atomic E-state index is -0.461. The lowest BCUT2D eigenvalue weighted by atomic mass is 9.92. The van der Waals surface area contributed by atoms with E-state index < -0.39 is 6.04 Å². The number of fused-ring (bicyclic) bond motifs is 1. The van der Waals surface area contributed by atoms with E-state index in [-0.39, 0.29) is 11.8 Å². The molecule has 2 aliphatic heterocycles. The summed E-state index contributed by atoms with van der Waals surface area (Å²) in [6.45, 7) is 2.03. The normalized spacial score (nSPS) is 20.5. The van der Waals surface area contributed by atoms with E-state index in [2.05, 4.69) is 6.07 Å². The summed E-state index contributed by atoms with van der Waals surface area (Å²) in [5.74, 6) is 0.158. The highest BCUT2D eigenvalue weighted by molar-refractivity contribution is 5.96. The quantitative estimate of drug-likeness (QED) is 0.815. The van der Waals surface area contributed by atoms with Crippen molar-refractivity contribution in [1.29, 1.82) is 0 Å². The van der Waals surface area contributed by atoms with Gasteiger partial charge in [-0.1, -0.05) is 43.5 Å². The second-order valence-corrected chi connectivity index (χ2v) is 7.49. The Labute approximate surface area is 159 Å². The fourth-order valence-electron chi connectivity index (χ4n) is 4.18. The molecule has 1 unspecified atom stereocenters. The lowest BCUT2D eigenvalue weighted by Gasteiger charge is -2.38. The van der Waals surface area contributed by atoms with E-state index in [1.807, 2.05) is 23.1 Å². The molecule has 0 aliphatic carbocycles. The van der Waals surface area contributed by atoms with Crippen molar-refractivity contribution >= 4 is 11.8 Å². The molecule has 1 aromatic heterocycles. The Morgan fingerprint density at radius 2 is 1.59 bits per heavy atom. The molecule has 142 valence electrons. The van der Waals surface area contributed by atoms with Crippen LogP contribution in [0.25, 0.3) is 0 Å². The first-order valence-electron chi connectivity index (χ1n) is 9.94. The van der Waals surface area contributed by atoms with Crippen molar-refractivity contribution < 1.29 is 14.0 Å². The number of nitrogens with zero attached hydrogens (tertiary/aromatic N) is 2. The summed E-state index contributed by atoms with van der Waals surface area (Å²) in [6.07, 6.45) is 7.75. The number of furan rings is 1.